The van der Waals surface area contributed by atoms with Crippen molar-refractivity contribution >= 4 is 22.6 Å². The zero-order chi connectivity index (χ0) is 17.6. The second-order valence-corrected chi connectivity index (χ2v) is 6.00. The standard InChI is InChI=1S/C17H13ClN2O5/c18-9-2-3-10-11(6-9)20-17(23)14(19-10)16(22)15(21)8-1-4-12-13(5-8)25-7-24-12/h1-6,15-16,21-22H,7H2,(H,20,23). The van der Waals surface area contributed by atoms with Crippen LogP contribution in [0.5, 0.6) is 17.4 Å². The molecule has 2 atom stereocenters. The van der Waals surface area contributed by atoms with Crippen LogP contribution < -0.4 is 9.47 Å². The number of aromatic nitrogens is 2. The van der Waals surface area contributed by atoms with Gasteiger partial charge in [-0.05, 0) is 35.9 Å². The number of hydrogen-bond acceptors (Lipinski definition) is 7. The smallest absolute Gasteiger partial charge is 0.236 e. The summed E-state index contributed by atoms with van der Waals surface area (Å²) in [4.78, 5) is 8.18. The van der Waals surface area contributed by atoms with E-state index in [1.165, 1.54) is 0 Å². The lowest BCUT2D eigenvalue weighted by Crippen LogP contribution is -2.13. The third kappa shape index (κ3) is 2.82. The lowest BCUT2D eigenvalue weighted by molar-refractivity contribution is 0.0129. The predicted octanol–water partition coefficient (Wildman–Crippen LogP) is 2.48. The largest absolute Gasteiger partial charge is 0.492 e. The predicted molar refractivity (Wildman–Crippen MR) is 88.7 cm³/mol. The van der Waals surface area contributed by atoms with Crippen LogP contribution in [-0.2, 0) is 0 Å². The topological polar surface area (TPSA) is 105 Å². The van der Waals surface area contributed by atoms with Crippen molar-refractivity contribution in [2.45, 2.75) is 12.2 Å². The molecule has 3 aromatic rings. The van der Waals surface area contributed by atoms with Crippen molar-refractivity contribution < 1.29 is 24.8 Å². The highest BCUT2D eigenvalue weighted by molar-refractivity contribution is 6.31. The number of halogens is 1. The Hall–Kier alpha value is -2.61. The minimum atomic E-state index is -1.48. The van der Waals surface area contributed by atoms with Gasteiger partial charge in [0.2, 0.25) is 12.7 Å². The molecule has 4 rings (SSSR count). The summed E-state index contributed by atoms with van der Waals surface area (Å²) < 4.78 is 10.5. The molecule has 0 saturated carbocycles. The highest BCUT2D eigenvalue weighted by Gasteiger charge is 2.27. The molecule has 2 aromatic carbocycles. The van der Waals surface area contributed by atoms with Gasteiger partial charge in [-0.15, -0.1) is 0 Å². The summed E-state index contributed by atoms with van der Waals surface area (Å²) in [6.07, 6.45) is -2.81. The van der Waals surface area contributed by atoms with E-state index in [2.05, 4.69) is 9.97 Å². The first-order valence-corrected chi connectivity index (χ1v) is 7.82. The number of benzene rings is 2. The Morgan fingerprint density at radius 1 is 0.920 bits per heavy atom. The van der Waals surface area contributed by atoms with Crippen molar-refractivity contribution in [3.05, 3.63) is 52.7 Å². The molecule has 128 valence electrons. The SMILES string of the molecule is Oc1nc2cc(Cl)ccc2nc1C(O)C(O)c1ccc2c(c1)OCO2. The molecule has 2 heterocycles. The summed E-state index contributed by atoms with van der Waals surface area (Å²) in [5.74, 6) is 0.574. The maximum Gasteiger partial charge on any atom is 0.236 e. The van der Waals surface area contributed by atoms with Crippen LogP contribution in [0.25, 0.3) is 11.0 Å². The molecule has 0 fully saturated rings. The molecule has 1 aliphatic heterocycles. The van der Waals surface area contributed by atoms with Crippen molar-refractivity contribution in [2.24, 2.45) is 0 Å². The molecule has 0 bridgehead atoms. The summed E-state index contributed by atoms with van der Waals surface area (Å²) in [5, 5.41) is 31.5. The van der Waals surface area contributed by atoms with Gasteiger partial charge in [0.1, 0.15) is 17.9 Å². The van der Waals surface area contributed by atoms with E-state index in [1.807, 2.05) is 0 Å². The van der Waals surface area contributed by atoms with Crippen molar-refractivity contribution in [1.29, 1.82) is 0 Å². The van der Waals surface area contributed by atoms with E-state index in [4.69, 9.17) is 21.1 Å². The number of nitrogens with zero attached hydrogens (tertiary/aromatic N) is 2. The number of rotatable bonds is 3. The van der Waals surface area contributed by atoms with E-state index in [1.54, 1.807) is 36.4 Å². The monoisotopic (exact) mass is 360 g/mol. The van der Waals surface area contributed by atoms with Gasteiger partial charge in [0, 0.05) is 5.02 Å². The number of aliphatic hydroxyl groups is 2. The van der Waals surface area contributed by atoms with Gasteiger partial charge in [0.25, 0.3) is 0 Å². The van der Waals surface area contributed by atoms with Crippen molar-refractivity contribution in [3.63, 3.8) is 0 Å². The van der Waals surface area contributed by atoms with Gasteiger partial charge in [-0.1, -0.05) is 17.7 Å². The molecule has 0 saturated heterocycles. The van der Waals surface area contributed by atoms with E-state index in [9.17, 15) is 15.3 Å². The normalized spacial score (nSPS) is 15.3. The van der Waals surface area contributed by atoms with Gasteiger partial charge in [0.05, 0.1) is 11.0 Å². The summed E-state index contributed by atoms with van der Waals surface area (Å²) in [6.45, 7) is 0.108. The Labute approximate surface area is 147 Å². The van der Waals surface area contributed by atoms with E-state index in [0.29, 0.717) is 33.1 Å². The molecule has 1 aromatic heterocycles. The minimum Gasteiger partial charge on any atom is -0.492 e. The molecule has 0 aliphatic carbocycles. The van der Waals surface area contributed by atoms with Crippen molar-refractivity contribution in [2.75, 3.05) is 6.79 Å². The maximum absolute atomic E-state index is 10.5. The fourth-order valence-electron chi connectivity index (χ4n) is 2.66. The van der Waals surface area contributed by atoms with E-state index >= 15 is 0 Å². The molecule has 7 nitrogen and oxygen atoms in total. The Morgan fingerprint density at radius 3 is 2.56 bits per heavy atom. The van der Waals surface area contributed by atoms with Gasteiger partial charge in [-0.25, -0.2) is 9.97 Å². The second kappa shape index (κ2) is 6.03. The molecule has 0 amide bonds. The first-order valence-electron chi connectivity index (χ1n) is 7.45. The molecule has 25 heavy (non-hydrogen) atoms. The number of aliphatic hydroxyl groups excluding tert-OH is 2. The maximum atomic E-state index is 10.5. The molecule has 1 aliphatic rings. The van der Waals surface area contributed by atoms with Gasteiger partial charge in [-0.3, -0.25) is 0 Å². The molecule has 0 radical (unpaired) electrons. The fourth-order valence-corrected chi connectivity index (χ4v) is 2.83. The van der Waals surface area contributed by atoms with Crippen LogP contribution in [0.4, 0.5) is 0 Å². The van der Waals surface area contributed by atoms with Crippen LogP contribution in [0, 0.1) is 0 Å². The van der Waals surface area contributed by atoms with Crippen LogP contribution in [0.2, 0.25) is 5.02 Å². The average molecular weight is 361 g/mol. The fraction of sp³-hybridized carbons (Fsp3) is 0.176. The highest BCUT2D eigenvalue weighted by Crippen LogP contribution is 2.38. The first-order chi connectivity index (χ1) is 12.0. The molecule has 2 unspecified atom stereocenters. The lowest BCUT2D eigenvalue weighted by atomic mass is 10.0. The summed E-state index contributed by atoms with van der Waals surface area (Å²) in [6, 6.07) is 9.61. The summed E-state index contributed by atoms with van der Waals surface area (Å²) >= 11 is 5.89. The zero-order valence-corrected chi connectivity index (χ0v) is 13.5. The Balaban J connectivity index is 1.70. The van der Waals surface area contributed by atoms with Crippen LogP contribution in [-0.4, -0.2) is 32.1 Å². The molecular formula is C17H13ClN2O5. The molecule has 8 heteroatoms. The first kappa shape index (κ1) is 15.9. The van der Waals surface area contributed by atoms with Crippen LogP contribution in [0.3, 0.4) is 0 Å². The van der Waals surface area contributed by atoms with E-state index in [-0.39, 0.29) is 12.5 Å². The van der Waals surface area contributed by atoms with Gasteiger partial charge >= 0.3 is 0 Å². The Kier molecular flexibility index (Phi) is 3.84. The highest BCUT2D eigenvalue weighted by atomic mass is 35.5. The summed E-state index contributed by atoms with van der Waals surface area (Å²) in [7, 11) is 0. The van der Waals surface area contributed by atoms with Crippen LogP contribution in [0.15, 0.2) is 36.4 Å². The number of fused-ring (bicyclic) bond motifs is 2. The molecular weight excluding hydrogens is 348 g/mol. The lowest BCUT2D eigenvalue weighted by Gasteiger charge is -2.19. The molecule has 0 spiro atoms. The third-order valence-electron chi connectivity index (χ3n) is 3.95. The second-order valence-electron chi connectivity index (χ2n) is 5.57. The quantitative estimate of drug-likeness (QED) is 0.659. The van der Waals surface area contributed by atoms with E-state index in [0.717, 1.165) is 0 Å². The van der Waals surface area contributed by atoms with Gasteiger partial charge in [0.15, 0.2) is 11.5 Å². The molecule has 3 N–H and O–H groups in total. The Morgan fingerprint density at radius 2 is 1.72 bits per heavy atom. The van der Waals surface area contributed by atoms with Crippen LogP contribution >= 0.6 is 11.6 Å². The number of ether oxygens (including phenoxy) is 2. The average Bonchev–Trinajstić information content (AvgIpc) is 3.07. The van der Waals surface area contributed by atoms with Gasteiger partial charge in [-0.2, -0.15) is 0 Å². The van der Waals surface area contributed by atoms with E-state index < -0.39 is 18.1 Å². The van der Waals surface area contributed by atoms with Crippen molar-refractivity contribution in [1.82, 2.24) is 9.97 Å². The minimum absolute atomic E-state index is 0.108. The number of aromatic hydroxyl groups is 1. The van der Waals surface area contributed by atoms with Crippen LogP contribution in [0.1, 0.15) is 23.5 Å². The van der Waals surface area contributed by atoms with Crippen molar-refractivity contribution in [3.8, 4) is 17.4 Å². The Bertz CT molecular complexity index is 965. The zero-order valence-electron chi connectivity index (χ0n) is 12.8. The third-order valence-corrected chi connectivity index (χ3v) is 4.19. The summed E-state index contributed by atoms with van der Waals surface area (Å²) in [5.41, 5.74) is 1.10. The van der Waals surface area contributed by atoms with Gasteiger partial charge < -0.3 is 24.8 Å². The number of hydrogen-bond donors (Lipinski definition) is 3.